The summed E-state index contributed by atoms with van der Waals surface area (Å²) >= 11 is 1.56. The second-order valence-electron chi connectivity index (χ2n) is 6.79. The van der Waals surface area contributed by atoms with Gasteiger partial charge in [0.1, 0.15) is 11.4 Å². The van der Waals surface area contributed by atoms with E-state index >= 15 is 0 Å². The second kappa shape index (κ2) is 7.52. The van der Waals surface area contributed by atoms with Crippen LogP contribution >= 0.6 is 11.3 Å². The van der Waals surface area contributed by atoms with Crippen LogP contribution in [0.3, 0.4) is 0 Å². The number of carbonyl (C=O) groups is 1. The van der Waals surface area contributed by atoms with Crippen molar-refractivity contribution < 1.29 is 13.2 Å². The zero-order valence-corrected chi connectivity index (χ0v) is 17.1. The van der Waals surface area contributed by atoms with Gasteiger partial charge in [-0.15, -0.1) is 11.3 Å². The molecule has 0 N–H and O–H groups in total. The Bertz CT molecular complexity index is 1070. The average Bonchev–Trinajstić information content (AvgIpc) is 3.42. The Balaban J connectivity index is 1.76. The molecule has 6 nitrogen and oxygen atoms in total. The van der Waals surface area contributed by atoms with E-state index in [1.165, 1.54) is 0 Å². The zero-order chi connectivity index (χ0) is 19.7. The molecule has 0 bridgehead atoms. The molecule has 1 aromatic carbocycles. The largest absolute Gasteiger partial charge is 0.334 e. The first-order valence-corrected chi connectivity index (χ1v) is 11.9. The number of nitrogens with zero attached hydrogens (tertiary/aromatic N) is 3. The van der Waals surface area contributed by atoms with Crippen LogP contribution in [0, 0.1) is 0 Å². The minimum absolute atomic E-state index is 0.0316. The van der Waals surface area contributed by atoms with Crippen molar-refractivity contribution in [2.75, 3.05) is 18.1 Å². The van der Waals surface area contributed by atoms with E-state index in [0.29, 0.717) is 18.7 Å². The van der Waals surface area contributed by atoms with Crippen molar-refractivity contribution >= 4 is 27.1 Å². The van der Waals surface area contributed by atoms with Gasteiger partial charge in [-0.3, -0.25) is 4.79 Å². The first-order valence-electron chi connectivity index (χ1n) is 9.19. The number of hydrogen-bond donors (Lipinski definition) is 0. The minimum atomic E-state index is -3.07. The standard InChI is InChI=1S/C20H21N3O3S2/c1-2-22(16-10-12-28(25,26)14-16)20(24)18-13-17(19-9-6-11-27-19)21-23(18)15-7-4-3-5-8-15/h3-9,11,13,16H,2,10,12,14H2,1H3/t16-/m1/s1. The molecule has 1 fully saturated rings. The van der Waals surface area contributed by atoms with Crippen LogP contribution in [0.1, 0.15) is 23.8 Å². The van der Waals surface area contributed by atoms with E-state index in [4.69, 9.17) is 0 Å². The fraction of sp³-hybridized carbons (Fsp3) is 0.300. The maximum Gasteiger partial charge on any atom is 0.272 e. The summed E-state index contributed by atoms with van der Waals surface area (Å²) < 4.78 is 25.5. The van der Waals surface area contributed by atoms with Crippen LogP contribution in [-0.4, -0.2) is 53.1 Å². The molecule has 0 spiro atoms. The Morgan fingerprint density at radius 3 is 2.64 bits per heavy atom. The minimum Gasteiger partial charge on any atom is -0.334 e. The summed E-state index contributed by atoms with van der Waals surface area (Å²) in [6, 6.07) is 14.9. The van der Waals surface area contributed by atoms with Crippen molar-refractivity contribution in [1.82, 2.24) is 14.7 Å². The Kier molecular flexibility index (Phi) is 5.07. The van der Waals surface area contributed by atoms with Gasteiger partial charge < -0.3 is 4.90 Å². The fourth-order valence-electron chi connectivity index (χ4n) is 3.58. The summed E-state index contributed by atoms with van der Waals surface area (Å²) in [4.78, 5) is 16.1. The zero-order valence-electron chi connectivity index (χ0n) is 15.5. The summed E-state index contributed by atoms with van der Waals surface area (Å²) in [6.45, 7) is 2.33. The Morgan fingerprint density at radius 2 is 2.04 bits per heavy atom. The van der Waals surface area contributed by atoms with Gasteiger partial charge in [0, 0.05) is 12.6 Å². The van der Waals surface area contributed by atoms with Crippen molar-refractivity contribution in [3.05, 3.63) is 59.6 Å². The number of thiophene rings is 1. The van der Waals surface area contributed by atoms with E-state index in [1.807, 2.05) is 54.8 Å². The van der Waals surface area contributed by atoms with E-state index in [-0.39, 0.29) is 23.5 Å². The number of sulfone groups is 1. The molecule has 1 aliphatic heterocycles. The lowest BCUT2D eigenvalue weighted by Gasteiger charge is -2.27. The number of benzene rings is 1. The number of aromatic nitrogens is 2. The molecule has 0 saturated carbocycles. The molecule has 146 valence electrons. The molecule has 8 heteroatoms. The molecule has 28 heavy (non-hydrogen) atoms. The molecule has 0 radical (unpaired) electrons. The van der Waals surface area contributed by atoms with Crippen molar-refractivity contribution in [3.63, 3.8) is 0 Å². The van der Waals surface area contributed by atoms with Crippen LogP contribution in [0.4, 0.5) is 0 Å². The quantitative estimate of drug-likeness (QED) is 0.641. The van der Waals surface area contributed by atoms with Crippen LogP contribution in [0.25, 0.3) is 16.3 Å². The second-order valence-corrected chi connectivity index (χ2v) is 9.96. The number of para-hydroxylation sites is 1. The molecule has 1 saturated heterocycles. The maximum absolute atomic E-state index is 13.4. The summed E-state index contributed by atoms with van der Waals surface area (Å²) in [5, 5.41) is 6.65. The predicted octanol–water partition coefficient (Wildman–Crippen LogP) is 3.25. The highest BCUT2D eigenvalue weighted by atomic mass is 32.2. The van der Waals surface area contributed by atoms with Crippen molar-refractivity contribution in [2.45, 2.75) is 19.4 Å². The lowest BCUT2D eigenvalue weighted by Crippen LogP contribution is -2.41. The van der Waals surface area contributed by atoms with Crippen molar-refractivity contribution in [3.8, 4) is 16.3 Å². The average molecular weight is 416 g/mol. The van der Waals surface area contributed by atoms with Crippen LogP contribution < -0.4 is 0 Å². The molecule has 3 aromatic rings. The van der Waals surface area contributed by atoms with Gasteiger partial charge >= 0.3 is 0 Å². The van der Waals surface area contributed by atoms with Gasteiger partial charge in [-0.05, 0) is 43.0 Å². The molecular formula is C20H21N3O3S2. The van der Waals surface area contributed by atoms with E-state index in [1.54, 1.807) is 27.0 Å². The summed E-state index contributed by atoms with van der Waals surface area (Å²) in [5.41, 5.74) is 1.97. The van der Waals surface area contributed by atoms with Gasteiger partial charge in [-0.25, -0.2) is 13.1 Å². The van der Waals surface area contributed by atoms with Gasteiger partial charge in [-0.2, -0.15) is 5.10 Å². The molecule has 3 heterocycles. The highest BCUT2D eigenvalue weighted by Crippen LogP contribution is 2.27. The molecule has 0 aliphatic carbocycles. The van der Waals surface area contributed by atoms with Gasteiger partial charge in [0.05, 0.1) is 22.1 Å². The van der Waals surface area contributed by atoms with Crippen LogP contribution in [0.2, 0.25) is 0 Å². The Labute approximate surface area is 168 Å². The molecule has 1 atom stereocenters. The Morgan fingerprint density at radius 1 is 1.25 bits per heavy atom. The molecule has 4 rings (SSSR count). The van der Waals surface area contributed by atoms with E-state index in [9.17, 15) is 13.2 Å². The monoisotopic (exact) mass is 415 g/mol. The Hall–Kier alpha value is -2.45. The highest BCUT2D eigenvalue weighted by Gasteiger charge is 2.35. The number of rotatable bonds is 5. The first kappa shape index (κ1) is 18.9. The van der Waals surface area contributed by atoms with Crippen molar-refractivity contribution in [2.24, 2.45) is 0 Å². The van der Waals surface area contributed by atoms with Crippen LogP contribution in [0.15, 0.2) is 53.9 Å². The lowest BCUT2D eigenvalue weighted by molar-refractivity contribution is 0.0699. The summed E-state index contributed by atoms with van der Waals surface area (Å²) in [6.07, 6.45) is 0.485. The third-order valence-corrected chi connectivity index (χ3v) is 7.60. The summed E-state index contributed by atoms with van der Waals surface area (Å²) in [7, 11) is -3.07. The maximum atomic E-state index is 13.4. The molecule has 1 aliphatic rings. The van der Waals surface area contributed by atoms with Gasteiger partial charge in [-0.1, -0.05) is 24.3 Å². The first-order chi connectivity index (χ1) is 13.5. The number of hydrogen-bond acceptors (Lipinski definition) is 5. The molecule has 1 amide bonds. The molecule has 0 unspecified atom stereocenters. The van der Waals surface area contributed by atoms with E-state index in [0.717, 1.165) is 16.3 Å². The summed E-state index contributed by atoms with van der Waals surface area (Å²) in [5.74, 6) is -0.0207. The highest BCUT2D eigenvalue weighted by molar-refractivity contribution is 7.91. The molecule has 2 aromatic heterocycles. The smallest absolute Gasteiger partial charge is 0.272 e. The van der Waals surface area contributed by atoms with E-state index in [2.05, 4.69) is 5.10 Å². The normalized spacial score (nSPS) is 18.2. The van der Waals surface area contributed by atoms with Crippen LogP contribution in [-0.2, 0) is 9.84 Å². The number of carbonyl (C=O) groups excluding carboxylic acids is 1. The molecular weight excluding hydrogens is 394 g/mol. The predicted molar refractivity (Wildman–Crippen MR) is 111 cm³/mol. The third-order valence-electron chi connectivity index (χ3n) is 4.95. The fourth-order valence-corrected chi connectivity index (χ4v) is 5.99. The van der Waals surface area contributed by atoms with Gasteiger partial charge in [0.15, 0.2) is 9.84 Å². The SMILES string of the molecule is CCN(C(=O)c1cc(-c2cccs2)nn1-c1ccccc1)[C@@H]1CCS(=O)(=O)C1. The van der Waals surface area contributed by atoms with E-state index < -0.39 is 9.84 Å². The third kappa shape index (κ3) is 3.62. The van der Waals surface area contributed by atoms with Gasteiger partial charge in [0.2, 0.25) is 0 Å². The number of amides is 1. The lowest BCUT2D eigenvalue weighted by atomic mass is 10.2. The topological polar surface area (TPSA) is 72.3 Å². The van der Waals surface area contributed by atoms with Crippen LogP contribution in [0.5, 0.6) is 0 Å². The van der Waals surface area contributed by atoms with Crippen molar-refractivity contribution in [1.29, 1.82) is 0 Å². The van der Waals surface area contributed by atoms with Gasteiger partial charge in [0.25, 0.3) is 5.91 Å².